The summed E-state index contributed by atoms with van der Waals surface area (Å²) >= 11 is 0. The van der Waals surface area contributed by atoms with Crippen LogP contribution < -0.4 is 20.7 Å². The van der Waals surface area contributed by atoms with Crippen LogP contribution in [-0.4, -0.2) is 15.0 Å². The van der Waals surface area contributed by atoms with Crippen LogP contribution >= 0.6 is 7.14 Å². The molecule has 5 nitrogen and oxygen atoms in total. The van der Waals surface area contributed by atoms with E-state index in [1.807, 2.05) is 133 Å². The van der Waals surface area contributed by atoms with E-state index in [4.69, 9.17) is 19.7 Å². The SMILES string of the molecule is O=P1(c2ccccc2)c2cc(-c3nc(-c4ccccc4)nc(-c4ccccc4)n3)ccc2Oc2c1c1ccccc1c1ccccc21. The van der Waals surface area contributed by atoms with Crippen molar-refractivity contribution in [1.29, 1.82) is 0 Å². The Labute approximate surface area is 271 Å². The van der Waals surface area contributed by atoms with Gasteiger partial charge < -0.3 is 9.30 Å². The molecule has 1 unspecified atom stereocenters. The maximum Gasteiger partial charge on any atom is 0.179 e. The highest BCUT2D eigenvalue weighted by Crippen LogP contribution is 2.55. The number of ether oxygens (including phenoxy) is 1. The number of rotatable bonds is 4. The molecule has 6 heteroatoms. The van der Waals surface area contributed by atoms with Crippen LogP contribution in [0.2, 0.25) is 0 Å². The maximum absolute atomic E-state index is 16.2. The van der Waals surface area contributed by atoms with Gasteiger partial charge in [0, 0.05) is 27.4 Å². The molecule has 7 aromatic carbocycles. The van der Waals surface area contributed by atoms with Crippen LogP contribution in [0.5, 0.6) is 11.5 Å². The highest BCUT2D eigenvalue weighted by Gasteiger charge is 2.42. The lowest BCUT2D eigenvalue weighted by atomic mass is 10.0. The van der Waals surface area contributed by atoms with Gasteiger partial charge >= 0.3 is 0 Å². The quantitative estimate of drug-likeness (QED) is 0.145. The summed E-state index contributed by atoms with van der Waals surface area (Å²) in [6, 6.07) is 51.7. The second kappa shape index (κ2) is 10.9. The van der Waals surface area contributed by atoms with Crippen molar-refractivity contribution < 1.29 is 9.30 Å². The molecule has 9 rings (SSSR count). The van der Waals surface area contributed by atoms with Crippen LogP contribution in [0.3, 0.4) is 0 Å². The fourth-order valence-corrected chi connectivity index (χ4v) is 9.68. The zero-order valence-electron chi connectivity index (χ0n) is 25.1. The van der Waals surface area contributed by atoms with E-state index in [1.165, 1.54) is 0 Å². The number of fused-ring (bicyclic) bond motifs is 7. The standard InChI is InChI=1S/C41H26N3O2P/c45-47(30-18-8-3-9-19-30)36-26-29(41-43-39(27-14-4-1-5-15-27)42-40(44-41)28-16-6-2-7-17-28)24-25-35(36)46-37-33-22-12-10-20-31(33)32-21-11-13-23-34(32)38(37)47/h1-26H. The second-order valence-electron chi connectivity index (χ2n) is 11.5. The van der Waals surface area contributed by atoms with E-state index < -0.39 is 7.14 Å². The van der Waals surface area contributed by atoms with Crippen LogP contribution in [-0.2, 0) is 4.57 Å². The van der Waals surface area contributed by atoms with Gasteiger partial charge in [-0.2, -0.15) is 0 Å². The van der Waals surface area contributed by atoms with Crippen LogP contribution in [0.15, 0.2) is 158 Å². The largest absolute Gasteiger partial charge is 0.455 e. The third-order valence-electron chi connectivity index (χ3n) is 8.76. The molecule has 0 spiro atoms. The smallest absolute Gasteiger partial charge is 0.179 e. The monoisotopic (exact) mass is 623 g/mol. The van der Waals surface area contributed by atoms with Gasteiger partial charge in [0.1, 0.15) is 11.5 Å². The summed E-state index contributed by atoms with van der Waals surface area (Å²) in [5, 5.41) is 6.04. The zero-order chi connectivity index (χ0) is 31.4. The van der Waals surface area contributed by atoms with Gasteiger partial charge in [0.15, 0.2) is 24.6 Å². The van der Waals surface area contributed by atoms with Crippen LogP contribution in [0.4, 0.5) is 0 Å². The third-order valence-corrected chi connectivity index (χ3v) is 11.9. The lowest BCUT2D eigenvalue weighted by Gasteiger charge is -2.31. The van der Waals surface area contributed by atoms with Crippen LogP contribution in [0, 0.1) is 0 Å². The minimum Gasteiger partial charge on any atom is -0.455 e. The average Bonchev–Trinajstić information content (AvgIpc) is 3.15. The number of aromatic nitrogens is 3. The van der Waals surface area contributed by atoms with Crippen molar-refractivity contribution in [2.45, 2.75) is 0 Å². The minimum absolute atomic E-state index is 0.495. The topological polar surface area (TPSA) is 65.0 Å². The highest BCUT2D eigenvalue weighted by atomic mass is 31.2. The zero-order valence-corrected chi connectivity index (χ0v) is 26.0. The van der Waals surface area contributed by atoms with Crippen molar-refractivity contribution in [3.05, 3.63) is 158 Å². The van der Waals surface area contributed by atoms with E-state index in [2.05, 4.69) is 24.3 Å². The minimum atomic E-state index is -3.48. The Kier molecular flexibility index (Phi) is 6.34. The molecule has 0 aliphatic carbocycles. The Morgan fingerprint density at radius 1 is 0.447 bits per heavy atom. The molecule has 1 aliphatic rings. The molecule has 0 fully saturated rings. The molecule has 0 amide bonds. The lowest BCUT2D eigenvalue weighted by Crippen LogP contribution is -2.31. The first kappa shape index (κ1) is 27.4. The number of nitrogens with zero attached hydrogens (tertiary/aromatic N) is 3. The fraction of sp³-hybridized carbons (Fsp3) is 0. The fourth-order valence-electron chi connectivity index (χ4n) is 6.57. The van der Waals surface area contributed by atoms with Crippen molar-refractivity contribution in [1.82, 2.24) is 15.0 Å². The highest BCUT2D eigenvalue weighted by molar-refractivity contribution is 7.86. The van der Waals surface area contributed by atoms with Crippen molar-refractivity contribution in [2.24, 2.45) is 0 Å². The molecular formula is C41H26N3O2P. The molecule has 47 heavy (non-hydrogen) atoms. The van der Waals surface area contributed by atoms with E-state index in [1.54, 1.807) is 0 Å². The molecule has 0 saturated heterocycles. The van der Waals surface area contributed by atoms with Crippen LogP contribution in [0.25, 0.3) is 55.7 Å². The lowest BCUT2D eigenvalue weighted by molar-refractivity contribution is 0.491. The molecule has 0 saturated carbocycles. The number of hydrogen-bond acceptors (Lipinski definition) is 5. The molecule has 8 aromatic rings. The van der Waals surface area contributed by atoms with E-state index in [-0.39, 0.29) is 0 Å². The van der Waals surface area contributed by atoms with Gasteiger partial charge in [0.05, 0.1) is 10.6 Å². The first-order chi connectivity index (χ1) is 23.2. The molecule has 1 aromatic heterocycles. The Bertz CT molecular complexity index is 2460. The predicted molar refractivity (Wildman–Crippen MR) is 191 cm³/mol. The summed E-state index contributed by atoms with van der Waals surface area (Å²) in [4.78, 5) is 14.8. The maximum atomic E-state index is 16.2. The van der Waals surface area contributed by atoms with Gasteiger partial charge in [0.2, 0.25) is 0 Å². The van der Waals surface area contributed by atoms with Crippen molar-refractivity contribution in [2.75, 3.05) is 0 Å². The van der Waals surface area contributed by atoms with Crippen molar-refractivity contribution in [3.63, 3.8) is 0 Å². The summed E-state index contributed by atoms with van der Waals surface area (Å²) in [7, 11) is -3.48. The molecule has 1 aliphatic heterocycles. The second-order valence-corrected chi connectivity index (χ2v) is 14.2. The Morgan fingerprint density at radius 3 is 1.51 bits per heavy atom. The van der Waals surface area contributed by atoms with Crippen molar-refractivity contribution in [3.8, 4) is 45.7 Å². The molecule has 0 bridgehead atoms. The van der Waals surface area contributed by atoms with Crippen LogP contribution in [0.1, 0.15) is 0 Å². The van der Waals surface area contributed by atoms with Gasteiger partial charge in [-0.15, -0.1) is 0 Å². The van der Waals surface area contributed by atoms with E-state index >= 15 is 4.57 Å². The van der Waals surface area contributed by atoms with Gasteiger partial charge in [-0.25, -0.2) is 15.0 Å². The molecule has 1 atom stereocenters. The molecular weight excluding hydrogens is 597 g/mol. The normalized spacial score (nSPS) is 15.1. The predicted octanol–water partition coefficient (Wildman–Crippen LogP) is 8.92. The van der Waals surface area contributed by atoms with Gasteiger partial charge in [0.25, 0.3) is 0 Å². The first-order valence-corrected chi connectivity index (χ1v) is 17.2. The van der Waals surface area contributed by atoms with Gasteiger partial charge in [-0.3, -0.25) is 0 Å². The molecule has 0 N–H and O–H groups in total. The summed E-state index contributed by atoms with van der Waals surface area (Å²) in [6.45, 7) is 0. The molecule has 222 valence electrons. The molecule has 2 heterocycles. The summed E-state index contributed by atoms with van der Waals surface area (Å²) < 4.78 is 22.9. The molecule has 0 radical (unpaired) electrons. The van der Waals surface area contributed by atoms with E-state index in [9.17, 15) is 0 Å². The van der Waals surface area contributed by atoms with Gasteiger partial charge in [-0.1, -0.05) is 140 Å². The first-order valence-electron chi connectivity index (χ1n) is 15.5. The number of hydrogen-bond donors (Lipinski definition) is 0. The number of benzene rings is 7. The third kappa shape index (κ3) is 4.39. The van der Waals surface area contributed by atoms with Gasteiger partial charge in [-0.05, 0) is 34.4 Å². The van der Waals surface area contributed by atoms with Crippen molar-refractivity contribution >= 4 is 44.6 Å². The average molecular weight is 624 g/mol. The Balaban J connectivity index is 1.32. The summed E-state index contributed by atoms with van der Waals surface area (Å²) in [5.41, 5.74) is 2.50. The summed E-state index contributed by atoms with van der Waals surface area (Å²) in [6.07, 6.45) is 0. The summed E-state index contributed by atoms with van der Waals surface area (Å²) in [5.74, 6) is 2.84. The Morgan fingerprint density at radius 2 is 0.915 bits per heavy atom. The van der Waals surface area contributed by atoms with E-state index in [0.29, 0.717) is 39.6 Å². The van der Waals surface area contributed by atoms with E-state index in [0.717, 1.165) is 43.5 Å². The Hall–Kier alpha value is -5.90.